The highest BCUT2D eigenvalue weighted by molar-refractivity contribution is 5.40. The molecule has 2 aliphatic heterocycles. The summed E-state index contributed by atoms with van der Waals surface area (Å²) < 4.78 is 0. The Balaban J connectivity index is 2.05. The molecule has 4 atom stereocenters. The van der Waals surface area contributed by atoms with Gasteiger partial charge in [-0.25, -0.2) is 0 Å². The zero-order valence-corrected chi connectivity index (χ0v) is 9.82. The van der Waals surface area contributed by atoms with Gasteiger partial charge in [0.15, 0.2) is 0 Å². The van der Waals surface area contributed by atoms with Gasteiger partial charge in [-0.2, -0.15) is 0 Å². The average Bonchev–Trinajstić information content (AvgIpc) is 2.29. The maximum absolute atomic E-state index is 3.88. The van der Waals surface area contributed by atoms with Crippen molar-refractivity contribution in [1.29, 1.82) is 0 Å². The summed E-state index contributed by atoms with van der Waals surface area (Å²) in [6, 6.07) is 10.1. The zero-order chi connectivity index (χ0) is 11.1. The Morgan fingerprint density at radius 2 is 2.12 bits per heavy atom. The molecule has 0 aromatic heterocycles. The van der Waals surface area contributed by atoms with Crippen molar-refractivity contribution in [1.82, 2.24) is 5.32 Å². The first-order valence-electron chi connectivity index (χ1n) is 6.27. The van der Waals surface area contributed by atoms with Crippen LogP contribution in [0.25, 0.3) is 0 Å². The predicted molar refractivity (Wildman–Crippen MR) is 67.4 cm³/mol. The van der Waals surface area contributed by atoms with Gasteiger partial charge in [0.1, 0.15) is 0 Å². The molecule has 1 fully saturated rings. The van der Waals surface area contributed by atoms with Crippen molar-refractivity contribution in [2.45, 2.75) is 37.8 Å². The third-order valence-electron chi connectivity index (χ3n) is 4.22. The second-order valence-corrected chi connectivity index (χ2v) is 5.22. The molecule has 0 saturated carbocycles. The van der Waals surface area contributed by atoms with Crippen LogP contribution in [0.15, 0.2) is 36.9 Å². The fourth-order valence-corrected chi connectivity index (χ4v) is 3.61. The van der Waals surface area contributed by atoms with Gasteiger partial charge in [-0.1, -0.05) is 37.3 Å². The number of fused-ring (bicyclic) bond motifs is 2. The molecule has 4 rings (SSSR count). The fraction of sp³-hybridized carbons (Fsp3) is 0.467. The highest BCUT2D eigenvalue weighted by Gasteiger charge is 2.42. The summed E-state index contributed by atoms with van der Waals surface area (Å²) in [6.07, 6.45) is 4.42. The van der Waals surface area contributed by atoms with Crippen molar-refractivity contribution in [3.05, 3.63) is 48.0 Å². The van der Waals surface area contributed by atoms with Gasteiger partial charge in [0, 0.05) is 18.0 Å². The molecule has 1 heteroatoms. The summed E-state index contributed by atoms with van der Waals surface area (Å²) in [4.78, 5) is 0. The van der Waals surface area contributed by atoms with Gasteiger partial charge in [0.2, 0.25) is 0 Å². The molecular weight excluding hydrogens is 194 g/mol. The van der Waals surface area contributed by atoms with Crippen molar-refractivity contribution in [3.8, 4) is 0 Å². The Labute approximate surface area is 97.6 Å². The van der Waals surface area contributed by atoms with Gasteiger partial charge in [-0.3, -0.25) is 0 Å². The molecule has 1 saturated heterocycles. The standard InChI is InChI=1S/C15H19N/c1-3-6-13-15-10(2)9-14(16-13)11-7-4-5-8-12(11)15/h3-5,7-8,10,13-16H,1,6,9H2,2H3/t10-,13-,14+,15+/m1/s1. The number of nitrogens with one attached hydrogen (secondary N) is 1. The van der Waals surface area contributed by atoms with E-state index < -0.39 is 0 Å². The third-order valence-corrected chi connectivity index (χ3v) is 4.22. The van der Waals surface area contributed by atoms with Crippen LogP contribution < -0.4 is 5.32 Å². The van der Waals surface area contributed by atoms with Gasteiger partial charge in [0.05, 0.1) is 0 Å². The Hall–Kier alpha value is -1.08. The maximum Gasteiger partial charge on any atom is 0.0328 e. The lowest BCUT2D eigenvalue weighted by Gasteiger charge is -2.48. The minimum Gasteiger partial charge on any atom is -0.306 e. The van der Waals surface area contributed by atoms with E-state index >= 15 is 0 Å². The summed E-state index contributed by atoms with van der Waals surface area (Å²) in [5, 5.41) is 3.77. The average molecular weight is 213 g/mol. The van der Waals surface area contributed by atoms with Gasteiger partial charge < -0.3 is 5.32 Å². The molecule has 1 N–H and O–H groups in total. The summed E-state index contributed by atoms with van der Waals surface area (Å²) in [6.45, 7) is 6.27. The van der Waals surface area contributed by atoms with Gasteiger partial charge in [-0.15, -0.1) is 6.58 Å². The highest BCUT2D eigenvalue weighted by Crippen LogP contribution is 2.48. The smallest absolute Gasteiger partial charge is 0.0328 e. The molecule has 2 bridgehead atoms. The molecule has 0 spiro atoms. The lowest BCUT2D eigenvalue weighted by molar-refractivity contribution is 0.191. The van der Waals surface area contributed by atoms with Crippen molar-refractivity contribution < 1.29 is 0 Å². The molecular formula is C15H19N. The molecule has 2 heterocycles. The first-order valence-corrected chi connectivity index (χ1v) is 6.27. The third kappa shape index (κ3) is 1.35. The molecule has 16 heavy (non-hydrogen) atoms. The van der Waals surface area contributed by atoms with E-state index in [2.05, 4.69) is 43.1 Å². The molecule has 0 unspecified atom stereocenters. The number of benzene rings is 1. The van der Waals surface area contributed by atoms with Crippen LogP contribution in [0.1, 0.15) is 42.9 Å². The van der Waals surface area contributed by atoms with Crippen molar-refractivity contribution >= 4 is 0 Å². The SMILES string of the molecule is C=CC[C@H]1N[C@H]2C[C@@H](C)[C@H]1c1ccccc12. The molecule has 0 amide bonds. The lowest BCUT2D eigenvalue weighted by atomic mass is 9.66. The van der Waals surface area contributed by atoms with Crippen LogP contribution >= 0.6 is 0 Å². The molecule has 1 aliphatic carbocycles. The predicted octanol–water partition coefficient (Wildman–Crippen LogP) is 3.40. The van der Waals surface area contributed by atoms with Crippen LogP contribution in [0.3, 0.4) is 0 Å². The van der Waals surface area contributed by atoms with E-state index in [-0.39, 0.29) is 0 Å². The first-order chi connectivity index (χ1) is 7.81. The van der Waals surface area contributed by atoms with E-state index in [1.807, 2.05) is 6.08 Å². The van der Waals surface area contributed by atoms with Crippen LogP contribution in [-0.4, -0.2) is 6.04 Å². The first kappa shape index (κ1) is 10.1. The Morgan fingerprint density at radius 1 is 1.38 bits per heavy atom. The summed E-state index contributed by atoms with van der Waals surface area (Å²) >= 11 is 0. The van der Waals surface area contributed by atoms with Gasteiger partial charge in [0.25, 0.3) is 0 Å². The molecule has 84 valence electrons. The van der Waals surface area contributed by atoms with E-state index in [0.717, 1.165) is 12.3 Å². The highest BCUT2D eigenvalue weighted by atomic mass is 15.0. The molecule has 3 aliphatic rings. The van der Waals surface area contributed by atoms with Crippen molar-refractivity contribution in [3.63, 3.8) is 0 Å². The summed E-state index contributed by atoms with van der Waals surface area (Å²) in [5.41, 5.74) is 3.11. The van der Waals surface area contributed by atoms with Crippen LogP contribution in [0, 0.1) is 5.92 Å². The minimum atomic E-state index is 0.571. The molecule has 1 aromatic carbocycles. The Bertz CT molecular complexity index is 410. The van der Waals surface area contributed by atoms with E-state index in [9.17, 15) is 0 Å². The fourth-order valence-electron chi connectivity index (χ4n) is 3.61. The maximum atomic E-state index is 3.88. The molecule has 0 radical (unpaired) electrons. The van der Waals surface area contributed by atoms with Gasteiger partial charge in [-0.05, 0) is 29.9 Å². The number of rotatable bonds is 2. The Kier molecular flexibility index (Phi) is 2.36. The van der Waals surface area contributed by atoms with Gasteiger partial charge >= 0.3 is 0 Å². The number of hydrogen-bond donors (Lipinski definition) is 1. The molecule has 1 nitrogen and oxygen atoms in total. The second-order valence-electron chi connectivity index (χ2n) is 5.22. The minimum absolute atomic E-state index is 0.571. The largest absolute Gasteiger partial charge is 0.306 e. The zero-order valence-electron chi connectivity index (χ0n) is 9.82. The van der Waals surface area contributed by atoms with E-state index in [4.69, 9.17) is 0 Å². The quantitative estimate of drug-likeness (QED) is 0.742. The number of piperidine rings is 1. The second kappa shape index (κ2) is 3.74. The lowest BCUT2D eigenvalue weighted by Crippen LogP contribution is -2.50. The van der Waals surface area contributed by atoms with E-state index in [0.29, 0.717) is 18.0 Å². The van der Waals surface area contributed by atoms with Crippen LogP contribution in [-0.2, 0) is 0 Å². The molecule has 1 aromatic rings. The monoisotopic (exact) mass is 213 g/mol. The van der Waals surface area contributed by atoms with Crippen LogP contribution in [0.5, 0.6) is 0 Å². The number of hydrogen-bond acceptors (Lipinski definition) is 1. The van der Waals surface area contributed by atoms with E-state index in [1.54, 1.807) is 5.56 Å². The van der Waals surface area contributed by atoms with E-state index in [1.165, 1.54) is 12.0 Å². The van der Waals surface area contributed by atoms with Crippen molar-refractivity contribution in [2.75, 3.05) is 0 Å². The normalized spacial score (nSPS) is 35.8. The summed E-state index contributed by atoms with van der Waals surface area (Å²) in [5.74, 6) is 1.48. The van der Waals surface area contributed by atoms with Crippen molar-refractivity contribution in [2.24, 2.45) is 5.92 Å². The Morgan fingerprint density at radius 3 is 2.88 bits per heavy atom. The summed E-state index contributed by atoms with van der Waals surface area (Å²) in [7, 11) is 0. The van der Waals surface area contributed by atoms with Crippen LogP contribution in [0.4, 0.5) is 0 Å². The van der Waals surface area contributed by atoms with Crippen LogP contribution in [0.2, 0.25) is 0 Å². The topological polar surface area (TPSA) is 12.0 Å².